The number of hydrogen-bond donors (Lipinski definition) is 1. The van der Waals surface area contributed by atoms with Gasteiger partial charge in [-0.3, -0.25) is 4.79 Å². The van der Waals surface area contributed by atoms with Gasteiger partial charge >= 0.3 is 0 Å². The topological polar surface area (TPSA) is 75.7 Å². The van der Waals surface area contributed by atoms with Crippen LogP contribution in [0.1, 0.15) is 30.1 Å². The Labute approximate surface area is 170 Å². The fourth-order valence-electron chi connectivity index (χ4n) is 3.14. The molecule has 6 nitrogen and oxygen atoms in total. The summed E-state index contributed by atoms with van der Waals surface area (Å²) < 4.78 is 33.4. The Hall–Kier alpha value is -1.93. The van der Waals surface area contributed by atoms with Crippen LogP contribution in [0.5, 0.6) is 0 Å². The van der Waals surface area contributed by atoms with Gasteiger partial charge in [-0.25, -0.2) is 13.1 Å². The van der Waals surface area contributed by atoms with Crippen LogP contribution in [0.25, 0.3) is 0 Å². The summed E-state index contributed by atoms with van der Waals surface area (Å²) in [5.74, 6) is -0.291. The van der Waals surface area contributed by atoms with Gasteiger partial charge in [0.15, 0.2) is 0 Å². The van der Waals surface area contributed by atoms with Crippen LogP contribution in [0.4, 0.5) is 5.69 Å². The van der Waals surface area contributed by atoms with Crippen molar-refractivity contribution in [3.63, 3.8) is 0 Å². The van der Waals surface area contributed by atoms with Crippen molar-refractivity contribution in [3.05, 3.63) is 59.1 Å². The number of amides is 1. The first kappa shape index (κ1) is 20.8. The lowest BCUT2D eigenvalue weighted by molar-refractivity contribution is 0.0988. The largest absolute Gasteiger partial charge is 0.377 e. The summed E-state index contributed by atoms with van der Waals surface area (Å²) in [5.41, 5.74) is 0.999. The van der Waals surface area contributed by atoms with Crippen molar-refractivity contribution in [2.24, 2.45) is 0 Å². The Bertz CT molecular complexity index is 928. The second kappa shape index (κ2) is 9.05. The lowest BCUT2D eigenvalue weighted by atomic mass is 10.2. The number of nitrogens with one attached hydrogen (secondary N) is 1. The van der Waals surface area contributed by atoms with E-state index in [-0.39, 0.29) is 34.0 Å². The molecular weight excluding hydrogens is 400 g/mol. The molecule has 1 N–H and O–H groups in total. The van der Waals surface area contributed by atoms with Gasteiger partial charge in [0.1, 0.15) is 4.90 Å². The third-order valence-corrected chi connectivity index (χ3v) is 6.53. The molecule has 0 radical (unpaired) electrons. The number of rotatable bonds is 7. The van der Waals surface area contributed by atoms with E-state index in [0.29, 0.717) is 13.2 Å². The fourth-order valence-corrected chi connectivity index (χ4v) is 4.73. The molecule has 0 spiro atoms. The van der Waals surface area contributed by atoms with E-state index in [9.17, 15) is 13.2 Å². The highest BCUT2D eigenvalue weighted by Crippen LogP contribution is 2.25. The molecule has 1 saturated heterocycles. The van der Waals surface area contributed by atoms with Gasteiger partial charge < -0.3 is 9.64 Å². The van der Waals surface area contributed by atoms with Crippen molar-refractivity contribution < 1.29 is 17.9 Å². The maximum Gasteiger partial charge on any atom is 0.258 e. The zero-order valence-corrected chi connectivity index (χ0v) is 17.2. The molecule has 0 bridgehead atoms. The Kier molecular flexibility index (Phi) is 6.72. The van der Waals surface area contributed by atoms with E-state index in [0.717, 1.165) is 18.5 Å². The fraction of sp³-hybridized carbons (Fsp3) is 0.350. The van der Waals surface area contributed by atoms with Gasteiger partial charge in [0.25, 0.3) is 5.91 Å². The van der Waals surface area contributed by atoms with E-state index in [1.807, 2.05) is 37.3 Å². The zero-order valence-electron chi connectivity index (χ0n) is 15.6. The Morgan fingerprint density at radius 3 is 2.64 bits per heavy atom. The summed E-state index contributed by atoms with van der Waals surface area (Å²) in [6.07, 6.45) is 1.60. The average Bonchev–Trinajstić information content (AvgIpc) is 3.22. The number of sulfonamides is 1. The molecule has 1 fully saturated rings. The first-order valence-electron chi connectivity index (χ1n) is 9.20. The number of anilines is 1. The van der Waals surface area contributed by atoms with Gasteiger partial charge in [-0.05, 0) is 50.1 Å². The van der Waals surface area contributed by atoms with Crippen LogP contribution in [-0.4, -0.2) is 40.1 Å². The summed E-state index contributed by atoms with van der Waals surface area (Å²) >= 11 is 6.14. The Balaban J connectivity index is 1.84. The molecule has 28 heavy (non-hydrogen) atoms. The smallest absolute Gasteiger partial charge is 0.258 e. The molecule has 1 unspecified atom stereocenters. The molecule has 1 amide bonds. The number of ether oxygens (including phenoxy) is 1. The minimum atomic E-state index is -3.86. The van der Waals surface area contributed by atoms with E-state index in [2.05, 4.69) is 4.72 Å². The number of carbonyl (C=O) groups is 1. The molecule has 1 aliphatic rings. The first-order chi connectivity index (χ1) is 13.4. The maximum atomic E-state index is 13.0. The number of benzene rings is 2. The monoisotopic (exact) mass is 422 g/mol. The second-order valence-electron chi connectivity index (χ2n) is 6.52. The van der Waals surface area contributed by atoms with Gasteiger partial charge in [0.05, 0.1) is 11.1 Å². The minimum Gasteiger partial charge on any atom is -0.377 e. The van der Waals surface area contributed by atoms with E-state index in [4.69, 9.17) is 16.3 Å². The Morgan fingerprint density at radius 2 is 2.00 bits per heavy atom. The van der Waals surface area contributed by atoms with Crippen LogP contribution in [0, 0.1) is 0 Å². The summed E-state index contributed by atoms with van der Waals surface area (Å²) in [4.78, 5) is 14.5. The van der Waals surface area contributed by atoms with Crippen molar-refractivity contribution in [1.82, 2.24) is 4.72 Å². The van der Waals surface area contributed by atoms with Crippen LogP contribution in [0.2, 0.25) is 5.02 Å². The van der Waals surface area contributed by atoms with Crippen LogP contribution in [0.3, 0.4) is 0 Å². The molecule has 150 valence electrons. The summed E-state index contributed by atoms with van der Waals surface area (Å²) in [7, 11) is -3.86. The third-order valence-electron chi connectivity index (χ3n) is 4.62. The van der Waals surface area contributed by atoms with Crippen LogP contribution in [-0.2, 0) is 14.8 Å². The number of carbonyl (C=O) groups excluding carboxylic acids is 1. The van der Waals surface area contributed by atoms with E-state index in [1.54, 1.807) is 4.90 Å². The van der Waals surface area contributed by atoms with Crippen molar-refractivity contribution in [2.45, 2.75) is 30.8 Å². The molecule has 1 aliphatic heterocycles. The van der Waals surface area contributed by atoms with E-state index in [1.165, 1.54) is 18.2 Å². The molecular formula is C20H23ClN2O4S. The highest BCUT2D eigenvalue weighted by Gasteiger charge is 2.24. The molecule has 8 heteroatoms. The van der Waals surface area contributed by atoms with Crippen molar-refractivity contribution in [3.8, 4) is 0 Å². The van der Waals surface area contributed by atoms with Crippen LogP contribution >= 0.6 is 11.6 Å². The normalized spacial score (nSPS) is 16.9. The molecule has 2 aromatic rings. The number of para-hydroxylation sites is 1. The quantitative estimate of drug-likeness (QED) is 0.741. The van der Waals surface area contributed by atoms with Crippen molar-refractivity contribution in [2.75, 3.05) is 24.6 Å². The number of hydrogen-bond acceptors (Lipinski definition) is 4. The molecule has 0 aliphatic carbocycles. The van der Waals surface area contributed by atoms with Gasteiger partial charge in [-0.15, -0.1) is 0 Å². The molecule has 0 aromatic heterocycles. The lowest BCUT2D eigenvalue weighted by Gasteiger charge is -2.21. The van der Waals surface area contributed by atoms with Crippen molar-refractivity contribution >= 4 is 33.2 Å². The predicted molar refractivity (Wildman–Crippen MR) is 109 cm³/mol. The van der Waals surface area contributed by atoms with E-state index < -0.39 is 10.0 Å². The highest BCUT2D eigenvalue weighted by molar-refractivity contribution is 7.89. The average molecular weight is 423 g/mol. The Morgan fingerprint density at radius 1 is 1.25 bits per heavy atom. The number of halogens is 1. The van der Waals surface area contributed by atoms with Crippen LogP contribution in [0.15, 0.2) is 53.4 Å². The van der Waals surface area contributed by atoms with Crippen LogP contribution < -0.4 is 9.62 Å². The molecule has 3 rings (SSSR count). The zero-order chi connectivity index (χ0) is 20.1. The molecule has 1 heterocycles. The highest BCUT2D eigenvalue weighted by atomic mass is 35.5. The molecule has 0 saturated carbocycles. The first-order valence-corrected chi connectivity index (χ1v) is 11.1. The predicted octanol–water partition coefficient (Wildman–Crippen LogP) is 3.46. The van der Waals surface area contributed by atoms with Gasteiger partial charge in [0, 0.05) is 30.9 Å². The lowest BCUT2D eigenvalue weighted by Crippen LogP contribution is -2.33. The summed E-state index contributed by atoms with van der Waals surface area (Å²) in [6.45, 7) is 3.14. The number of nitrogens with zero attached hydrogens (tertiary/aromatic N) is 1. The second-order valence-corrected chi connectivity index (χ2v) is 8.66. The standard InChI is InChI=1S/C20H23ClN2O4S/c1-2-23(16-7-4-3-5-8-16)20(24)15-10-11-18(21)19(13-15)28(25,26)22-14-17-9-6-12-27-17/h3-5,7-8,10-11,13,17,22H,2,6,9,12,14H2,1H3. The molecule has 2 aromatic carbocycles. The van der Waals surface area contributed by atoms with Gasteiger partial charge in [-0.2, -0.15) is 0 Å². The third kappa shape index (κ3) is 4.72. The minimum absolute atomic E-state index is 0.0687. The SMILES string of the molecule is CCN(C(=O)c1ccc(Cl)c(S(=O)(=O)NCC2CCCO2)c1)c1ccccc1. The summed E-state index contributed by atoms with van der Waals surface area (Å²) in [6, 6.07) is 13.5. The maximum absolute atomic E-state index is 13.0. The molecule has 1 atom stereocenters. The summed E-state index contributed by atoms with van der Waals surface area (Å²) in [5, 5.41) is 0.0687. The van der Waals surface area contributed by atoms with E-state index >= 15 is 0 Å². The van der Waals surface area contributed by atoms with Gasteiger partial charge in [0.2, 0.25) is 10.0 Å². The van der Waals surface area contributed by atoms with Gasteiger partial charge in [-0.1, -0.05) is 29.8 Å². The van der Waals surface area contributed by atoms with Crippen molar-refractivity contribution in [1.29, 1.82) is 0 Å².